The molecule has 2 aromatic heterocycles. The summed E-state index contributed by atoms with van der Waals surface area (Å²) < 4.78 is 15.4. The van der Waals surface area contributed by atoms with Gasteiger partial charge in [-0.15, -0.1) is 0 Å². The van der Waals surface area contributed by atoms with Crippen molar-refractivity contribution in [2.75, 3.05) is 12.4 Å². The molecule has 10 heteroatoms. The minimum Gasteiger partial charge on any atom is -0.465 e. The number of nitrogens with zero attached hydrogens (tertiary/aromatic N) is 1. The number of methoxy groups -OCH3 is 1. The second kappa shape index (κ2) is 9.32. The molecule has 1 amide bonds. The van der Waals surface area contributed by atoms with E-state index < -0.39 is 11.9 Å². The summed E-state index contributed by atoms with van der Waals surface area (Å²) in [6.07, 6.45) is 3.63. The molecule has 0 radical (unpaired) electrons. The van der Waals surface area contributed by atoms with E-state index in [1.807, 2.05) is 0 Å². The number of ether oxygens (including phenoxy) is 1. The molecular formula is C23H14Cl2N2O6. The van der Waals surface area contributed by atoms with Crippen LogP contribution >= 0.6 is 23.2 Å². The summed E-state index contributed by atoms with van der Waals surface area (Å²) >= 11 is 12.4. The third-order valence-electron chi connectivity index (χ3n) is 4.64. The van der Waals surface area contributed by atoms with Gasteiger partial charge in [0.1, 0.15) is 17.5 Å². The van der Waals surface area contributed by atoms with Gasteiger partial charge < -0.3 is 13.7 Å². The average Bonchev–Trinajstić information content (AvgIpc) is 3.21. The van der Waals surface area contributed by atoms with Gasteiger partial charge in [0.15, 0.2) is 11.0 Å². The Labute approximate surface area is 196 Å². The number of carbonyl (C=O) groups is 2. The van der Waals surface area contributed by atoms with E-state index in [1.165, 1.54) is 12.3 Å². The predicted octanol–water partition coefficient (Wildman–Crippen LogP) is 5.19. The Kier molecular flexibility index (Phi) is 6.30. The number of fused-ring (bicyclic) bond motifs is 1. The summed E-state index contributed by atoms with van der Waals surface area (Å²) in [7, 11) is 1.16. The van der Waals surface area contributed by atoms with E-state index in [-0.39, 0.29) is 43.7 Å². The molecule has 166 valence electrons. The SMILES string of the molecule is COC(=O)c1c(-c2c(Cl)cccc2Cl)noc1NC(=O)/C=C/c1coc2ccccc2c1=O. The number of rotatable bonds is 5. The molecule has 0 saturated heterocycles. The maximum Gasteiger partial charge on any atom is 0.345 e. The van der Waals surface area contributed by atoms with Gasteiger partial charge in [0, 0.05) is 11.6 Å². The number of amides is 1. The van der Waals surface area contributed by atoms with Gasteiger partial charge in [0.2, 0.25) is 5.88 Å². The molecular weight excluding hydrogens is 471 g/mol. The van der Waals surface area contributed by atoms with Crippen molar-refractivity contribution < 1.29 is 23.3 Å². The maximum atomic E-state index is 12.5. The Hall–Kier alpha value is -3.88. The molecule has 0 aliphatic carbocycles. The lowest BCUT2D eigenvalue weighted by Crippen LogP contribution is -2.12. The first-order chi connectivity index (χ1) is 15.9. The molecule has 4 rings (SSSR count). The van der Waals surface area contributed by atoms with Crippen molar-refractivity contribution >= 4 is 58.0 Å². The first-order valence-corrected chi connectivity index (χ1v) is 10.2. The molecule has 33 heavy (non-hydrogen) atoms. The van der Waals surface area contributed by atoms with Crippen molar-refractivity contribution in [3.05, 3.63) is 86.2 Å². The number of anilines is 1. The van der Waals surface area contributed by atoms with Crippen LogP contribution in [0, 0.1) is 0 Å². The van der Waals surface area contributed by atoms with Gasteiger partial charge in [-0.2, -0.15) is 0 Å². The average molecular weight is 485 g/mol. The monoisotopic (exact) mass is 484 g/mol. The maximum absolute atomic E-state index is 12.5. The molecule has 0 saturated carbocycles. The molecule has 0 aliphatic rings. The Morgan fingerprint density at radius 1 is 1.09 bits per heavy atom. The van der Waals surface area contributed by atoms with E-state index in [1.54, 1.807) is 42.5 Å². The minimum absolute atomic E-state index is 0.00639. The Morgan fingerprint density at radius 3 is 2.55 bits per heavy atom. The number of hydrogen-bond acceptors (Lipinski definition) is 7. The first kappa shape index (κ1) is 22.3. The van der Waals surface area contributed by atoms with Crippen LogP contribution < -0.4 is 10.7 Å². The molecule has 0 spiro atoms. The lowest BCUT2D eigenvalue weighted by Gasteiger charge is -2.06. The topological polar surface area (TPSA) is 112 Å². The van der Waals surface area contributed by atoms with Crippen molar-refractivity contribution in [3.8, 4) is 11.3 Å². The second-order valence-electron chi connectivity index (χ2n) is 6.66. The van der Waals surface area contributed by atoms with E-state index in [0.717, 1.165) is 13.2 Å². The van der Waals surface area contributed by atoms with E-state index in [0.29, 0.717) is 11.0 Å². The summed E-state index contributed by atoms with van der Waals surface area (Å²) in [5.74, 6) is -1.79. The molecule has 1 N–H and O–H groups in total. The molecule has 4 aromatic rings. The number of esters is 1. The number of benzene rings is 2. The summed E-state index contributed by atoms with van der Waals surface area (Å²) in [6, 6.07) is 11.5. The fourth-order valence-corrected chi connectivity index (χ4v) is 3.66. The van der Waals surface area contributed by atoms with Crippen molar-refractivity contribution in [1.82, 2.24) is 5.16 Å². The highest BCUT2D eigenvalue weighted by Gasteiger charge is 2.28. The second-order valence-corrected chi connectivity index (χ2v) is 7.48. The molecule has 0 fully saturated rings. The smallest absolute Gasteiger partial charge is 0.345 e. The summed E-state index contributed by atoms with van der Waals surface area (Å²) in [5, 5.41) is 7.08. The lowest BCUT2D eigenvalue weighted by atomic mass is 10.1. The highest BCUT2D eigenvalue weighted by Crippen LogP contribution is 2.38. The van der Waals surface area contributed by atoms with Gasteiger partial charge in [0.05, 0.1) is 28.1 Å². The predicted molar refractivity (Wildman–Crippen MR) is 123 cm³/mol. The Bertz CT molecular complexity index is 1450. The summed E-state index contributed by atoms with van der Waals surface area (Å²) in [6.45, 7) is 0. The minimum atomic E-state index is -0.823. The number of halogens is 2. The van der Waals surface area contributed by atoms with E-state index >= 15 is 0 Å². The zero-order chi connectivity index (χ0) is 23.5. The van der Waals surface area contributed by atoms with Gasteiger partial charge in [-0.1, -0.05) is 46.6 Å². The van der Waals surface area contributed by atoms with Gasteiger partial charge in [-0.05, 0) is 30.3 Å². The van der Waals surface area contributed by atoms with Gasteiger partial charge in [0.25, 0.3) is 5.91 Å². The van der Waals surface area contributed by atoms with Crippen LogP contribution in [0.2, 0.25) is 10.0 Å². The van der Waals surface area contributed by atoms with Crippen LogP contribution in [0.4, 0.5) is 5.88 Å². The van der Waals surface area contributed by atoms with E-state index in [2.05, 4.69) is 10.5 Å². The number of nitrogens with one attached hydrogen (secondary N) is 1. The largest absolute Gasteiger partial charge is 0.465 e. The standard InChI is InChI=1S/C23H14Cl2N2O6/c1-31-23(30)19-20(18-14(24)6-4-7-15(18)25)27-33-22(19)26-17(28)10-9-12-11-32-16-8-3-2-5-13(16)21(12)29/h2-11H,1H3,(H,26,28)/b10-9+. The van der Waals surface area contributed by atoms with Gasteiger partial charge in [-0.25, -0.2) is 4.79 Å². The van der Waals surface area contributed by atoms with Crippen LogP contribution in [0.15, 0.2) is 68.5 Å². The molecule has 0 atom stereocenters. The van der Waals surface area contributed by atoms with Gasteiger partial charge >= 0.3 is 5.97 Å². The summed E-state index contributed by atoms with van der Waals surface area (Å²) in [4.78, 5) is 37.4. The van der Waals surface area contributed by atoms with Crippen LogP contribution in [0.25, 0.3) is 28.3 Å². The zero-order valence-electron chi connectivity index (χ0n) is 16.9. The normalized spacial score (nSPS) is 11.1. The molecule has 0 aliphatic heterocycles. The Morgan fingerprint density at radius 2 is 1.82 bits per heavy atom. The van der Waals surface area contributed by atoms with Crippen LogP contribution in [0.3, 0.4) is 0 Å². The van der Waals surface area contributed by atoms with Crippen LogP contribution in [0.5, 0.6) is 0 Å². The number of para-hydroxylation sites is 1. The number of carbonyl (C=O) groups excluding carboxylic acids is 2. The van der Waals surface area contributed by atoms with Crippen LogP contribution in [-0.2, 0) is 9.53 Å². The highest BCUT2D eigenvalue weighted by molar-refractivity contribution is 6.39. The van der Waals surface area contributed by atoms with E-state index in [9.17, 15) is 14.4 Å². The fraction of sp³-hybridized carbons (Fsp3) is 0.0435. The molecule has 2 aromatic carbocycles. The first-order valence-electron chi connectivity index (χ1n) is 9.42. The summed E-state index contributed by atoms with van der Waals surface area (Å²) in [5.41, 5.74) is 0.380. The molecule has 0 unspecified atom stereocenters. The fourth-order valence-electron chi connectivity index (χ4n) is 3.09. The number of aromatic nitrogens is 1. The molecule has 8 nitrogen and oxygen atoms in total. The number of hydrogen-bond donors (Lipinski definition) is 1. The van der Waals surface area contributed by atoms with Crippen molar-refractivity contribution in [2.45, 2.75) is 0 Å². The van der Waals surface area contributed by atoms with Crippen LogP contribution in [-0.4, -0.2) is 24.1 Å². The van der Waals surface area contributed by atoms with E-state index in [4.69, 9.17) is 36.9 Å². The quantitative estimate of drug-likeness (QED) is 0.306. The third-order valence-corrected chi connectivity index (χ3v) is 5.27. The molecule has 2 heterocycles. The molecule has 0 bridgehead atoms. The lowest BCUT2D eigenvalue weighted by molar-refractivity contribution is -0.112. The van der Waals surface area contributed by atoms with Crippen LogP contribution in [0.1, 0.15) is 15.9 Å². The van der Waals surface area contributed by atoms with Gasteiger partial charge in [-0.3, -0.25) is 14.9 Å². The van der Waals surface area contributed by atoms with Crippen molar-refractivity contribution in [3.63, 3.8) is 0 Å². The van der Waals surface area contributed by atoms with Crippen molar-refractivity contribution in [1.29, 1.82) is 0 Å². The third kappa shape index (κ3) is 4.39. The van der Waals surface area contributed by atoms with Crippen molar-refractivity contribution in [2.24, 2.45) is 0 Å². The highest BCUT2D eigenvalue weighted by atomic mass is 35.5. The Balaban J connectivity index is 1.65. The zero-order valence-corrected chi connectivity index (χ0v) is 18.4.